The number of halogens is 1. The largest absolute Gasteiger partial charge is 0.346 e. The quantitative estimate of drug-likeness (QED) is 0.681. The van der Waals surface area contributed by atoms with Crippen LogP contribution < -0.4 is 5.32 Å². The lowest BCUT2D eigenvalue weighted by atomic mass is 9.98. The van der Waals surface area contributed by atoms with Crippen LogP contribution in [0.1, 0.15) is 67.0 Å². The number of aromatic nitrogens is 3. The molecule has 0 radical (unpaired) electrons. The molecule has 0 aliphatic heterocycles. The second-order valence-electron chi connectivity index (χ2n) is 7.35. The van der Waals surface area contributed by atoms with Gasteiger partial charge in [0.05, 0.1) is 34.9 Å². The Morgan fingerprint density at radius 3 is 2.36 bits per heavy atom. The van der Waals surface area contributed by atoms with Gasteiger partial charge >= 0.3 is 0 Å². The Hall–Kier alpha value is -3.02. The number of carbonyl (C=O) groups is 1. The molecular formula is C22H25FN4O. The summed E-state index contributed by atoms with van der Waals surface area (Å²) < 4.78 is 15.1. The van der Waals surface area contributed by atoms with Crippen LogP contribution in [0.5, 0.6) is 0 Å². The molecule has 0 bridgehead atoms. The maximum absolute atomic E-state index is 13.4. The molecule has 2 heterocycles. The molecule has 3 rings (SSSR count). The summed E-state index contributed by atoms with van der Waals surface area (Å²) in [6, 6.07) is 11.7. The minimum Gasteiger partial charge on any atom is -0.346 e. The fourth-order valence-corrected chi connectivity index (χ4v) is 3.16. The second-order valence-corrected chi connectivity index (χ2v) is 7.35. The maximum atomic E-state index is 13.4. The van der Waals surface area contributed by atoms with Gasteiger partial charge in [0.1, 0.15) is 5.82 Å². The molecular weight excluding hydrogens is 355 g/mol. The monoisotopic (exact) mass is 380 g/mol. The van der Waals surface area contributed by atoms with Crippen molar-refractivity contribution in [2.45, 2.75) is 46.1 Å². The SMILES string of the molecule is CC(C)c1nn(-c2ccc(F)cc2)c(C(C)C)c1C(=O)NCc1ccccn1. The van der Waals surface area contributed by atoms with Crippen molar-refractivity contribution < 1.29 is 9.18 Å². The molecule has 6 heteroatoms. The number of rotatable bonds is 6. The lowest BCUT2D eigenvalue weighted by molar-refractivity contribution is 0.0947. The molecule has 28 heavy (non-hydrogen) atoms. The Morgan fingerprint density at radius 2 is 1.79 bits per heavy atom. The maximum Gasteiger partial charge on any atom is 0.255 e. The first-order chi connectivity index (χ1) is 13.4. The van der Waals surface area contributed by atoms with E-state index in [0.717, 1.165) is 22.8 Å². The first-order valence-electron chi connectivity index (χ1n) is 9.45. The molecule has 0 saturated heterocycles. The molecule has 1 amide bonds. The van der Waals surface area contributed by atoms with Gasteiger partial charge in [-0.3, -0.25) is 9.78 Å². The lowest BCUT2D eigenvalue weighted by Gasteiger charge is -2.13. The molecule has 5 nitrogen and oxygen atoms in total. The molecule has 0 aliphatic carbocycles. The summed E-state index contributed by atoms with van der Waals surface area (Å²) in [6.07, 6.45) is 1.70. The van der Waals surface area contributed by atoms with Gasteiger partial charge < -0.3 is 5.32 Å². The number of nitrogens with zero attached hydrogens (tertiary/aromatic N) is 3. The highest BCUT2D eigenvalue weighted by Crippen LogP contribution is 2.30. The molecule has 0 atom stereocenters. The summed E-state index contributed by atoms with van der Waals surface area (Å²) >= 11 is 0. The van der Waals surface area contributed by atoms with Crippen molar-refractivity contribution in [3.8, 4) is 5.69 Å². The van der Waals surface area contributed by atoms with Crippen molar-refractivity contribution in [1.82, 2.24) is 20.1 Å². The van der Waals surface area contributed by atoms with E-state index in [-0.39, 0.29) is 23.6 Å². The Bertz CT molecular complexity index is 947. The zero-order chi connectivity index (χ0) is 20.3. The molecule has 1 N–H and O–H groups in total. The van der Waals surface area contributed by atoms with Gasteiger partial charge in [0, 0.05) is 6.20 Å². The fraction of sp³-hybridized carbons (Fsp3) is 0.318. The van der Waals surface area contributed by atoms with Crippen molar-refractivity contribution in [1.29, 1.82) is 0 Å². The van der Waals surface area contributed by atoms with Crippen LogP contribution in [-0.4, -0.2) is 20.7 Å². The van der Waals surface area contributed by atoms with Gasteiger partial charge in [-0.2, -0.15) is 5.10 Å². The molecule has 0 unspecified atom stereocenters. The third kappa shape index (κ3) is 4.11. The van der Waals surface area contributed by atoms with E-state index in [1.165, 1.54) is 12.1 Å². The first-order valence-corrected chi connectivity index (χ1v) is 9.45. The van der Waals surface area contributed by atoms with Gasteiger partial charge in [0.15, 0.2) is 0 Å². The van der Waals surface area contributed by atoms with Crippen molar-refractivity contribution >= 4 is 5.91 Å². The number of hydrogen-bond acceptors (Lipinski definition) is 3. The average molecular weight is 380 g/mol. The van der Waals surface area contributed by atoms with Gasteiger partial charge in [-0.15, -0.1) is 0 Å². The summed E-state index contributed by atoms with van der Waals surface area (Å²) in [6.45, 7) is 8.41. The second kappa shape index (κ2) is 8.33. The smallest absolute Gasteiger partial charge is 0.255 e. The third-order valence-electron chi connectivity index (χ3n) is 4.50. The predicted molar refractivity (Wildman–Crippen MR) is 107 cm³/mol. The number of amides is 1. The normalized spacial score (nSPS) is 11.2. The average Bonchev–Trinajstić information content (AvgIpc) is 3.09. The Balaban J connectivity index is 2.02. The predicted octanol–water partition coefficient (Wildman–Crippen LogP) is 4.58. The number of hydrogen-bond donors (Lipinski definition) is 1. The third-order valence-corrected chi connectivity index (χ3v) is 4.50. The van der Waals surface area contributed by atoms with Gasteiger partial charge in [-0.1, -0.05) is 33.8 Å². The summed E-state index contributed by atoms with van der Waals surface area (Å²) in [4.78, 5) is 17.4. The van der Waals surface area contributed by atoms with E-state index in [0.29, 0.717) is 12.1 Å². The van der Waals surface area contributed by atoms with E-state index in [1.54, 1.807) is 23.0 Å². The Labute approximate surface area is 164 Å². The van der Waals surface area contributed by atoms with Gasteiger partial charge in [0.25, 0.3) is 5.91 Å². The lowest BCUT2D eigenvalue weighted by Crippen LogP contribution is -2.25. The Morgan fingerprint density at radius 1 is 1.07 bits per heavy atom. The van der Waals surface area contributed by atoms with Crippen molar-refractivity contribution in [3.05, 3.63) is 77.1 Å². The zero-order valence-electron chi connectivity index (χ0n) is 16.6. The van der Waals surface area contributed by atoms with E-state index in [4.69, 9.17) is 5.10 Å². The molecule has 1 aromatic carbocycles. The molecule has 2 aromatic heterocycles. The highest BCUT2D eigenvalue weighted by Gasteiger charge is 2.27. The van der Waals surface area contributed by atoms with Crippen LogP contribution in [0.15, 0.2) is 48.7 Å². The zero-order valence-corrected chi connectivity index (χ0v) is 16.6. The fourth-order valence-electron chi connectivity index (χ4n) is 3.16. The standard InChI is InChI=1S/C22H25FN4O/c1-14(2)20-19(22(28)25-13-17-7-5-6-12-24-17)21(15(3)4)27(26-20)18-10-8-16(23)9-11-18/h5-12,14-15H,13H2,1-4H3,(H,25,28). The highest BCUT2D eigenvalue weighted by molar-refractivity contribution is 5.97. The van der Waals surface area contributed by atoms with Gasteiger partial charge in [-0.05, 0) is 48.2 Å². The minimum absolute atomic E-state index is 0.0562. The number of benzene rings is 1. The molecule has 0 saturated carbocycles. The molecule has 0 aliphatic rings. The van der Waals surface area contributed by atoms with E-state index < -0.39 is 0 Å². The van der Waals surface area contributed by atoms with Gasteiger partial charge in [0.2, 0.25) is 0 Å². The number of pyridine rings is 1. The molecule has 0 spiro atoms. The first kappa shape index (κ1) is 19.7. The van der Waals surface area contributed by atoms with Crippen LogP contribution in [-0.2, 0) is 6.54 Å². The Kier molecular flexibility index (Phi) is 5.87. The van der Waals surface area contributed by atoms with Crippen LogP contribution in [0.4, 0.5) is 4.39 Å². The molecule has 0 fully saturated rings. The molecule has 3 aromatic rings. The van der Waals surface area contributed by atoms with Gasteiger partial charge in [-0.25, -0.2) is 9.07 Å². The van der Waals surface area contributed by atoms with Crippen LogP contribution >= 0.6 is 0 Å². The van der Waals surface area contributed by atoms with E-state index in [2.05, 4.69) is 10.3 Å². The summed E-state index contributed by atoms with van der Waals surface area (Å²) in [5.41, 5.74) is 3.65. The van der Waals surface area contributed by atoms with E-state index in [9.17, 15) is 9.18 Å². The van der Waals surface area contributed by atoms with E-state index >= 15 is 0 Å². The van der Waals surface area contributed by atoms with Crippen molar-refractivity contribution in [2.24, 2.45) is 0 Å². The van der Waals surface area contributed by atoms with Crippen LogP contribution in [0.2, 0.25) is 0 Å². The van der Waals surface area contributed by atoms with E-state index in [1.807, 2.05) is 45.9 Å². The highest BCUT2D eigenvalue weighted by atomic mass is 19.1. The topological polar surface area (TPSA) is 59.8 Å². The summed E-state index contributed by atoms with van der Waals surface area (Å²) in [5, 5.41) is 7.69. The number of nitrogens with one attached hydrogen (secondary N) is 1. The molecule has 146 valence electrons. The summed E-state index contributed by atoms with van der Waals surface area (Å²) in [5.74, 6) is -0.360. The van der Waals surface area contributed by atoms with Crippen LogP contribution in [0.3, 0.4) is 0 Å². The minimum atomic E-state index is -0.306. The van der Waals surface area contributed by atoms with Crippen LogP contribution in [0, 0.1) is 5.82 Å². The van der Waals surface area contributed by atoms with Crippen molar-refractivity contribution in [2.75, 3.05) is 0 Å². The van der Waals surface area contributed by atoms with Crippen LogP contribution in [0.25, 0.3) is 5.69 Å². The summed E-state index contributed by atoms with van der Waals surface area (Å²) in [7, 11) is 0. The number of carbonyl (C=O) groups excluding carboxylic acids is 1. The van der Waals surface area contributed by atoms with Crippen molar-refractivity contribution in [3.63, 3.8) is 0 Å².